The minimum atomic E-state index is 0.863. The number of rotatable bonds is 0. The largest absolute Gasteiger partial charge is 0.306 e. The van der Waals surface area contributed by atoms with E-state index in [9.17, 15) is 0 Å². The third-order valence-electron chi connectivity index (χ3n) is 2.46. The molecule has 0 fully saturated rings. The second-order valence-electron chi connectivity index (χ2n) is 3.34. The van der Waals surface area contributed by atoms with Gasteiger partial charge in [0, 0.05) is 16.2 Å². The summed E-state index contributed by atoms with van der Waals surface area (Å²) < 4.78 is 0. The molecule has 0 atom stereocenters. The van der Waals surface area contributed by atoms with E-state index in [0.29, 0.717) is 0 Å². The fourth-order valence-electron chi connectivity index (χ4n) is 1.77. The van der Waals surface area contributed by atoms with Crippen LogP contribution in [0.2, 0.25) is 0 Å². The molecule has 3 rings (SSSR count). The van der Waals surface area contributed by atoms with Gasteiger partial charge in [-0.05, 0) is 11.6 Å². The van der Waals surface area contributed by atoms with Crippen molar-refractivity contribution >= 4 is 17.5 Å². The Labute approximate surface area is 87.1 Å². The van der Waals surface area contributed by atoms with Gasteiger partial charge in [-0.1, -0.05) is 24.3 Å². The minimum Gasteiger partial charge on any atom is -0.306 e. The molecule has 70 valence electrons. The molecule has 0 unspecified atom stereocenters. The zero-order valence-corrected chi connectivity index (χ0v) is 8.47. The van der Waals surface area contributed by atoms with Gasteiger partial charge in [0.05, 0.1) is 12.3 Å². The lowest BCUT2D eigenvalue weighted by Gasteiger charge is -2.22. The third-order valence-corrected chi connectivity index (χ3v) is 3.58. The first kappa shape index (κ1) is 8.12. The predicted octanol–water partition coefficient (Wildman–Crippen LogP) is 2.03. The predicted molar refractivity (Wildman–Crippen MR) is 59.8 cm³/mol. The lowest BCUT2D eigenvalue weighted by Crippen LogP contribution is -2.23. The van der Waals surface area contributed by atoms with Gasteiger partial charge in [-0.15, -0.1) is 11.8 Å². The molecule has 14 heavy (non-hydrogen) atoms. The van der Waals surface area contributed by atoms with Crippen molar-refractivity contribution in [2.24, 2.45) is 5.10 Å². The van der Waals surface area contributed by atoms with E-state index in [1.807, 2.05) is 11.8 Å². The molecule has 2 aliphatic rings. The number of fused-ring (bicyclic) bond motifs is 3. The molecule has 0 amide bonds. The smallest absolute Gasteiger partial charge is 0.0950 e. The van der Waals surface area contributed by atoms with Gasteiger partial charge >= 0.3 is 0 Å². The number of nitrogens with one attached hydrogen (secondary N) is 1. The first-order chi connectivity index (χ1) is 6.95. The van der Waals surface area contributed by atoms with E-state index < -0.39 is 0 Å². The summed E-state index contributed by atoms with van der Waals surface area (Å²) in [4.78, 5) is 1.34. The monoisotopic (exact) mass is 202 g/mol. The van der Waals surface area contributed by atoms with Gasteiger partial charge in [0.2, 0.25) is 0 Å². The Morgan fingerprint density at radius 1 is 1.29 bits per heavy atom. The molecular weight excluding hydrogens is 192 g/mol. The molecule has 0 aliphatic carbocycles. The second kappa shape index (κ2) is 3.17. The average molecular weight is 202 g/mol. The Balaban J connectivity index is 2.17. The van der Waals surface area contributed by atoms with Crippen molar-refractivity contribution in [3.63, 3.8) is 0 Å². The zero-order valence-electron chi connectivity index (χ0n) is 7.66. The van der Waals surface area contributed by atoms with Crippen LogP contribution in [0.1, 0.15) is 5.56 Å². The molecule has 2 nitrogen and oxygen atoms in total. The van der Waals surface area contributed by atoms with Crippen LogP contribution in [0, 0.1) is 0 Å². The number of hydrogen-bond donors (Lipinski definition) is 1. The first-order valence-corrected chi connectivity index (χ1v) is 5.66. The summed E-state index contributed by atoms with van der Waals surface area (Å²) in [5, 5.41) is 4.38. The molecule has 0 radical (unpaired) electrons. The number of thioether (sulfide) groups is 1. The van der Waals surface area contributed by atoms with Gasteiger partial charge in [0.1, 0.15) is 0 Å². The molecule has 1 aromatic carbocycles. The Hall–Kier alpha value is -1.22. The summed E-state index contributed by atoms with van der Waals surface area (Å²) in [7, 11) is 0. The van der Waals surface area contributed by atoms with Gasteiger partial charge in [-0.2, -0.15) is 5.10 Å². The number of hydrazone groups is 1. The highest BCUT2D eigenvalue weighted by Crippen LogP contribution is 2.33. The van der Waals surface area contributed by atoms with Crippen molar-refractivity contribution in [3.8, 4) is 0 Å². The lowest BCUT2D eigenvalue weighted by molar-refractivity contribution is 0.809. The molecular formula is C11H10N2S. The maximum atomic E-state index is 4.38. The molecule has 0 aromatic heterocycles. The molecule has 0 saturated heterocycles. The van der Waals surface area contributed by atoms with Gasteiger partial charge in [0.25, 0.3) is 0 Å². The quantitative estimate of drug-likeness (QED) is 0.696. The van der Waals surface area contributed by atoms with Crippen LogP contribution in [-0.2, 0) is 0 Å². The minimum absolute atomic E-state index is 0.863. The van der Waals surface area contributed by atoms with Crippen LogP contribution in [0.3, 0.4) is 0 Å². The Kier molecular flexibility index (Phi) is 1.84. The number of hydrogen-bond acceptors (Lipinski definition) is 3. The Bertz CT molecular complexity index is 435. The lowest BCUT2D eigenvalue weighted by atomic mass is 10.0. The summed E-state index contributed by atoms with van der Waals surface area (Å²) in [6.07, 6.45) is 2.23. The molecule has 1 N–H and O–H groups in total. The summed E-state index contributed by atoms with van der Waals surface area (Å²) in [6, 6.07) is 8.45. The highest BCUT2D eigenvalue weighted by atomic mass is 32.2. The van der Waals surface area contributed by atoms with E-state index in [4.69, 9.17) is 0 Å². The highest BCUT2D eigenvalue weighted by molar-refractivity contribution is 7.99. The Morgan fingerprint density at radius 3 is 3.21 bits per heavy atom. The average Bonchev–Trinajstić information content (AvgIpc) is 2.29. The molecule has 2 aliphatic heterocycles. The summed E-state index contributed by atoms with van der Waals surface area (Å²) in [6.45, 7) is 0.863. The normalized spacial score (nSPS) is 18.6. The van der Waals surface area contributed by atoms with Crippen molar-refractivity contribution in [1.82, 2.24) is 5.43 Å². The second-order valence-corrected chi connectivity index (χ2v) is 4.35. The maximum absolute atomic E-state index is 4.38. The molecule has 3 heteroatoms. The fraction of sp³-hybridized carbons (Fsp3) is 0.182. The van der Waals surface area contributed by atoms with Crippen LogP contribution in [0.15, 0.2) is 45.9 Å². The van der Waals surface area contributed by atoms with Gasteiger partial charge in [-0.25, -0.2) is 0 Å². The van der Waals surface area contributed by atoms with E-state index in [1.165, 1.54) is 16.0 Å². The Morgan fingerprint density at radius 2 is 2.21 bits per heavy atom. The van der Waals surface area contributed by atoms with Crippen LogP contribution in [0.4, 0.5) is 0 Å². The van der Waals surface area contributed by atoms with E-state index >= 15 is 0 Å². The molecule has 0 saturated carbocycles. The van der Waals surface area contributed by atoms with E-state index in [2.05, 4.69) is 40.9 Å². The van der Waals surface area contributed by atoms with E-state index in [0.717, 1.165) is 18.0 Å². The fourth-order valence-corrected chi connectivity index (χ4v) is 2.83. The highest BCUT2D eigenvalue weighted by Gasteiger charge is 2.21. The first-order valence-electron chi connectivity index (χ1n) is 4.67. The summed E-state index contributed by atoms with van der Waals surface area (Å²) in [5.74, 6) is 1.05. The molecule has 0 bridgehead atoms. The maximum Gasteiger partial charge on any atom is 0.0950 e. The molecule has 0 spiro atoms. The molecule has 2 heterocycles. The van der Waals surface area contributed by atoms with Gasteiger partial charge < -0.3 is 5.43 Å². The number of nitrogens with zero attached hydrogens (tertiary/aromatic N) is 1. The zero-order chi connectivity index (χ0) is 9.38. The van der Waals surface area contributed by atoms with Crippen molar-refractivity contribution in [3.05, 3.63) is 41.5 Å². The molecule has 1 aromatic rings. The van der Waals surface area contributed by atoms with Gasteiger partial charge in [0.15, 0.2) is 0 Å². The van der Waals surface area contributed by atoms with Crippen LogP contribution in [0.5, 0.6) is 0 Å². The third kappa shape index (κ3) is 1.16. The van der Waals surface area contributed by atoms with Crippen molar-refractivity contribution in [1.29, 1.82) is 0 Å². The van der Waals surface area contributed by atoms with Crippen molar-refractivity contribution < 1.29 is 0 Å². The number of benzene rings is 1. The van der Waals surface area contributed by atoms with Crippen LogP contribution in [0.25, 0.3) is 0 Å². The van der Waals surface area contributed by atoms with Crippen molar-refractivity contribution in [2.45, 2.75) is 4.90 Å². The van der Waals surface area contributed by atoms with Gasteiger partial charge in [-0.3, -0.25) is 0 Å². The van der Waals surface area contributed by atoms with Crippen LogP contribution < -0.4 is 5.43 Å². The summed E-state index contributed by atoms with van der Waals surface area (Å²) in [5.41, 5.74) is 6.79. The van der Waals surface area contributed by atoms with Crippen LogP contribution >= 0.6 is 11.8 Å². The summed E-state index contributed by atoms with van der Waals surface area (Å²) >= 11 is 1.90. The topological polar surface area (TPSA) is 24.4 Å². The van der Waals surface area contributed by atoms with Crippen LogP contribution in [-0.4, -0.2) is 18.0 Å². The van der Waals surface area contributed by atoms with Crippen molar-refractivity contribution in [2.75, 3.05) is 12.3 Å². The van der Waals surface area contributed by atoms with E-state index in [1.54, 1.807) is 0 Å². The standard InChI is InChI=1S/C11H10N2S/c1-2-4-10-9(3-1)11-8(7-14-10)5-6-12-13-11/h1-5,12H,6-7H2. The SMILES string of the molecule is C1=C2CSc3ccccc3C2=NNC1. The van der Waals surface area contributed by atoms with E-state index in [-0.39, 0.29) is 0 Å².